The van der Waals surface area contributed by atoms with Gasteiger partial charge in [-0.3, -0.25) is 4.79 Å². The number of aliphatic hydroxyl groups excluding tert-OH is 1. The van der Waals surface area contributed by atoms with Crippen LogP contribution < -0.4 is 15.4 Å². The highest BCUT2D eigenvalue weighted by Gasteiger charge is 2.18. The summed E-state index contributed by atoms with van der Waals surface area (Å²) in [6, 6.07) is 6.67. The van der Waals surface area contributed by atoms with Gasteiger partial charge >= 0.3 is 5.97 Å². The molecule has 3 N–H and O–H groups in total. The molecular weight excluding hydrogens is 404 g/mol. The predicted octanol–water partition coefficient (Wildman–Crippen LogP) is 3.23. The lowest BCUT2D eigenvalue weighted by atomic mass is 10.1. The Kier molecular flexibility index (Phi) is 8.83. The zero-order chi connectivity index (χ0) is 22.1. The van der Waals surface area contributed by atoms with Crippen molar-refractivity contribution < 1.29 is 24.2 Å². The lowest BCUT2D eigenvalue weighted by Gasteiger charge is -2.23. The SMILES string of the molecule is CCOC(=O)c1cc(NC(=O)Cc2ccsc2)ccc1OCC(O)CNC(C)(C)C. The molecule has 164 valence electrons. The number of aliphatic hydroxyl groups is 1. The van der Waals surface area contributed by atoms with E-state index in [1.807, 2.05) is 37.6 Å². The van der Waals surface area contributed by atoms with Crippen molar-refractivity contribution in [2.45, 2.75) is 45.8 Å². The van der Waals surface area contributed by atoms with Crippen molar-refractivity contribution in [3.05, 3.63) is 46.2 Å². The molecular formula is C22H30N2O5S. The van der Waals surface area contributed by atoms with Gasteiger partial charge in [-0.05, 0) is 68.3 Å². The van der Waals surface area contributed by atoms with Crippen LogP contribution in [-0.2, 0) is 16.0 Å². The fourth-order valence-electron chi connectivity index (χ4n) is 2.55. The minimum Gasteiger partial charge on any atom is -0.490 e. The lowest BCUT2D eigenvalue weighted by molar-refractivity contribution is -0.115. The number of amides is 1. The maximum atomic E-state index is 12.4. The van der Waals surface area contributed by atoms with Crippen molar-refractivity contribution in [3.63, 3.8) is 0 Å². The third kappa shape index (κ3) is 8.14. The van der Waals surface area contributed by atoms with Gasteiger partial charge in [0, 0.05) is 17.8 Å². The summed E-state index contributed by atoms with van der Waals surface area (Å²) < 4.78 is 10.8. The number of thiophene rings is 1. The van der Waals surface area contributed by atoms with E-state index in [2.05, 4.69) is 10.6 Å². The summed E-state index contributed by atoms with van der Waals surface area (Å²) in [5.74, 6) is -0.441. The van der Waals surface area contributed by atoms with Gasteiger partial charge in [0.05, 0.1) is 13.0 Å². The van der Waals surface area contributed by atoms with E-state index < -0.39 is 12.1 Å². The third-order valence-electron chi connectivity index (χ3n) is 4.00. The van der Waals surface area contributed by atoms with E-state index in [0.717, 1.165) is 5.56 Å². The monoisotopic (exact) mass is 434 g/mol. The zero-order valence-electron chi connectivity index (χ0n) is 17.9. The van der Waals surface area contributed by atoms with E-state index in [9.17, 15) is 14.7 Å². The van der Waals surface area contributed by atoms with Crippen molar-refractivity contribution >= 4 is 28.9 Å². The number of rotatable bonds is 10. The van der Waals surface area contributed by atoms with Crippen molar-refractivity contribution in [2.75, 3.05) is 25.1 Å². The maximum Gasteiger partial charge on any atom is 0.341 e. The molecule has 0 saturated carbocycles. The standard InChI is InChI=1S/C22H30N2O5S/c1-5-28-21(27)18-11-16(24-20(26)10-15-8-9-30-14-15)6-7-19(18)29-13-17(25)12-23-22(2,3)4/h6-9,11,14,17,23,25H,5,10,12-13H2,1-4H3,(H,24,26). The third-order valence-corrected chi connectivity index (χ3v) is 4.73. The molecule has 0 fully saturated rings. The molecule has 1 atom stereocenters. The largest absolute Gasteiger partial charge is 0.490 e. The number of hydrogen-bond donors (Lipinski definition) is 3. The molecule has 2 aromatic rings. The predicted molar refractivity (Wildman–Crippen MR) is 118 cm³/mol. The molecule has 0 aliphatic carbocycles. The first kappa shape index (κ1) is 23.9. The average Bonchev–Trinajstić information content (AvgIpc) is 3.17. The molecule has 0 radical (unpaired) electrons. The molecule has 1 unspecified atom stereocenters. The summed E-state index contributed by atoms with van der Waals surface area (Å²) in [7, 11) is 0. The minimum absolute atomic E-state index is 0.0132. The first-order valence-electron chi connectivity index (χ1n) is 9.86. The summed E-state index contributed by atoms with van der Waals surface area (Å²) in [5, 5.41) is 20.0. The highest BCUT2D eigenvalue weighted by Crippen LogP contribution is 2.24. The summed E-state index contributed by atoms with van der Waals surface area (Å²) in [6.07, 6.45) is -0.493. The van der Waals surface area contributed by atoms with Gasteiger partial charge in [0.15, 0.2) is 0 Å². The van der Waals surface area contributed by atoms with Crippen LogP contribution in [0.4, 0.5) is 5.69 Å². The molecule has 0 spiro atoms. The topological polar surface area (TPSA) is 96.9 Å². The van der Waals surface area contributed by atoms with Crippen LogP contribution in [0.15, 0.2) is 35.0 Å². The molecule has 7 nitrogen and oxygen atoms in total. The molecule has 1 heterocycles. The lowest BCUT2D eigenvalue weighted by Crippen LogP contribution is -2.42. The Morgan fingerprint density at radius 2 is 2.00 bits per heavy atom. The fraction of sp³-hybridized carbons (Fsp3) is 0.455. The van der Waals surface area contributed by atoms with Crippen LogP contribution in [0.5, 0.6) is 5.75 Å². The summed E-state index contributed by atoms with van der Waals surface area (Å²) in [4.78, 5) is 24.6. The zero-order valence-corrected chi connectivity index (χ0v) is 18.7. The highest BCUT2D eigenvalue weighted by molar-refractivity contribution is 7.08. The smallest absolute Gasteiger partial charge is 0.341 e. The maximum absolute atomic E-state index is 12.4. The summed E-state index contributed by atoms with van der Waals surface area (Å²) in [5.41, 5.74) is 1.47. The van der Waals surface area contributed by atoms with Crippen LogP contribution in [-0.4, -0.2) is 48.4 Å². The van der Waals surface area contributed by atoms with Gasteiger partial charge < -0.3 is 25.2 Å². The van der Waals surface area contributed by atoms with Crippen LogP contribution >= 0.6 is 11.3 Å². The molecule has 1 aromatic heterocycles. The fourth-order valence-corrected chi connectivity index (χ4v) is 3.22. The summed E-state index contributed by atoms with van der Waals surface area (Å²) in [6.45, 7) is 8.31. The van der Waals surface area contributed by atoms with Crippen LogP contribution in [0, 0.1) is 0 Å². The molecule has 0 bridgehead atoms. The number of esters is 1. The van der Waals surface area contributed by atoms with Gasteiger partial charge in [-0.2, -0.15) is 11.3 Å². The molecule has 8 heteroatoms. The van der Waals surface area contributed by atoms with Gasteiger partial charge in [0.25, 0.3) is 0 Å². The number of carbonyl (C=O) groups excluding carboxylic acids is 2. The van der Waals surface area contributed by atoms with Crippen LogP contribution in [0.2, 0.25) is 0 Å². The van der Waals surface area contributed by atoms with Gasteiger partial charge in [0.2, 0.25) is 5.91 Å². The number of nitrogens with one attached hydrogen (secondary N) is 2. The first-order chi connectivity index (χ1) is 14.2. The van der Waals surface area contributed by atoms with Crippen molar-refractivity contribution in [1.29, 1.82) is 0 Å². The van der Waals surface area contributed by atoms with Crippen molar-refractivity contribution in [2.24, 2.45) is 0 Å². The Hall–Kier alpha value is -2.42. The van der Waals surface area contributed by atoms with E-state index in [-0.39, 0.29) is 36.6 Å². The van der Waals surface area contributed by atoms with Crippen LogP contribution in [0.1, 0.15) is 43.6 Å². The second kappa shape index (κ2) is 11.1. The Bertz CT molecular complexity index is 831. The van der Waals surface area contributed by atoms with Crippen molar-refractivity contribution in [1.82, 2.24) is 5.32 Å². The number of hydrogen-bond acceptors (Lipinski definition) is 7. The van der Waals surface area contributed by atoms with E-state index in [1.165, 1.54) is 17.4 Å². The number of carbonyl (C=O) groups is 2. The van der Waals surface area contributed by atoms with Gasteiger partial charge in [0.1, 0.15) is 24.0 Å². The number of β-amino-alcohol motifs (C(OH)–C–C–N with tert-alkyl or cyclic N) is 1. The number of benzene rings is 1. The molecule has 0 aliphatic heterocycles. The van der Waals surface area contributed by atoms with E-state index in [4.69, 9.17) is 9.47 Å². The molecule has 1 amide bonds. The van der Waals surface area contributed by atoms with Crippen molar-refractivity contribution in [3.8, 4) is 5.75 Å². The number of ether oxygens (including phenoxy) is 2. The number of anilines is 1. The quantitative estimate of drug-likeness (QED) is 0.497. The molecule has 0 saturated heterocycles. The van der Waals surface area contributed by atoms with Crippen LogP contribution in [0.25, 0.3) is 0 Å². The van der Waals surface area contributed by atoms with E-state index >= 15 is 0 Å². The molecule has 0 aliphatic rings. The molecule has 2 rings (SSSR count). The van der Waals surface area contributed by atoms with Gasteiger partial charge in [-0.15, -0.1) is 0 Å². The average molecular weight is 435 g/mol. The summed E-state index contributed by atoms with van der Waals surface area (Å²) >= 11 is 1.53. The Labute approximate surface area is 181 Å². The second-order valence-corrected chi connectivity index (χ2v) is 8.66. The first-order valence-corrected chi connectivity index (χ1v) is 10.8. The highest BCUT2D eigenvalue weighted by atomic mass is 32.1. The normalized spacial score (nSPS) is 12.3. The van der Waals surface area contributed by atoms with E-state index in [1.54, 1.807) is 19.1 Å². The van der Waals surface area contributed by atoms with Crippen LogP contribution in [0.3, 0.4) is 0 Å². The Morgan fingerprint density at radius 3 is 2.63 bits per heavy atom. The molecule has 30 heavy (non-hydrogen) atoms. The van der Waals surface area contributed by atoms with Gasteiger partial charge in [-0.1, -0.05) is 0 Å². The Morgan fingerprint density at radius 1 is 1.23 bits per heavy atom. The molecule has 1 aromatic carbocycles. The minimum atomic E-state index is -0.746. The second-order valence-electron chi connectivity index (χ2n) is 7.88. The van der Waals surface area contributed by atoms with Gasteiger partial charge in [-0.25, -0.2) is 4.79 Å². The Balaban J connectivity index is 2.05. The van der Waals surface area contributed by atoms with E-state index in [0.29, 0.717) is 18.0 Å².